The molecule has 1 saturated heterocycles. The lowest BCUT2D eigenvalue weighted by molar-refractivity contribution is 0.222. The van der Waals surface area contributed by atoms with Gasteiger partial charge in [-0.1, -0.05) is 6.92 Å². The average molecular weight is 199 g/mol. The summed E-state index contributed by atoms with van der Waals surface area (Å²) in [4.78, 5) is 4.77. The highest BCUT2D eigenvalue weighted by atomic mass is 15.2. The van der Waals surface area contributed by atoms with Crippen molar-refractivity contribution in [3.63, 3.8) is 0 Å². The lowest BCUT2D eigenvalue weighted by atomic mass is 10.1. The number of hydrogen-bond acceptors (Lipinski definition) is 3. The van der Waals surface area contributed by atoms with Gasteiger partial charge in [-0.2, -0.15) is 0 Å². The molecule has 1 aliphatic rings. The molecular formula is C11H25N3. The Labute approximate surface area is 88.5 Å². The molecule has 1 unspecified atom stereocenters. The summed E-state index contributed by atoms with van der Waals surface area (Å²) in [7, 11) is 4.39. The summed E-state index contributed by atoms with van der Waals surface area (Å²) in [6.07, 6.45) is 2.69. The predicted molar refractivity (Wildman–Crippen MR) is 61.7 cm³/mol. The van der Waals surface area contributed by atoms with Crippen molar-refractivity contribution in [3.8, 4) is 0 Å². The van der Waals surface area contributed by atoms with E-state index in [2.05, 4.69) is 36.1 Å². The van der Waals surface area contributed by atoms with Gasteiger partial charge in [0.1, 0.15) is 0 Å². The first kappa shape index (κ1) is 12.0. The van der Waals surface area contributed by atoms with Crippen LogP contribution in [-0.4, -0.2) is 62.7 Å². The Morgan fingerprint density at radius 1 is 1.50 bits per heavy atom. The summed E-state index contributed by atoms with van der Waals surface area (Å²) in [5.41, 5.74) is 0. The Bertz CT molecular complexity index is 149. The Kier molecular flexibility index (Phi) is 5.45. The maximum absolute atomic E-state index is 3.63. The van der Waals surface area contributed by atoms with E-state index in [1.807, 2.05) is 0 Å². The van der Waals surface area contributed by atoms with Crippen molar-refractivity contribution in [2.75, 3.05) is 46.8 Å². The zero-order valence-corrected chi connectivity index (χ0v) is 9.92. The van der Waals surface area contributed by atoms with Gasteiger partial charge in [0, 0.05) is 25.7 Å². The van der Waals surface area contributed by atoms with E-state index < -0.39 is 0 Å². The first-order valence-corrected chi connectivity index (χ1v) is 5.83. The summed E-state index contributed by atoms with van der Waals surface area (Å²) >= 11 is 0. The molecule has 1 heterocycles. The Morgan fingerprint density at radius 2 is 2.29 bits per heavy atom. The molecule has 0 aromatic carbocycles. The molecule has 0 aromatic rings. The van der Waals surface area contributed by atoms with Gasteiger partial charge in [0.15, 0.2) is 0 Å². The number of likely N-dealkylation sites (tertiary alicyclic amines) is 1. The molecule has 1 atom stereocenters. The topological polar surface area (TPSA) is 18.5 Å². The van der Waals surface area contributed by atoms with Crippen LogP contribution in [0.15, 0.2) is 0 Å². The quantitative estimate of drug-likeness (QED) is 0.700. The number of hydrogen-bond donors (Lipinski definition) is 1. The van der Waals surface area contributed by atoms with Crippen molar-refractivity contribution in [3.05, 3.63) is 0 Å². The van der Waals surface area contributed by atoms with E-state index in [9.17, 15) is 0 Å². The fourth-order valence-electron chi connectivity index (χ4n) is 1.95. The molecule has 1 fully saturated rings. The highest BCUT2D eigenvalue weighted by Gasteiger charge is 2.15. The minimum absolute atomic E-state index is 0.721. The molecular weight excluding hydrogens is 174 g/mol. The van der Waals surface area contributed by atoms with E-state index in [4.69, 9.17) is 0 Å². The maximum atomic E-state index is 3.63. The van der Waals surface area contributed by atoms with Crippen molar-refractivity contribution in [2.24, 2.45) is 0 Å². The van der Waals surface area contributed by atoms with Crippen LogP contribution in [0.4, 0.5) is 0 Å². The van der Waals surface area contributed by atoms with Gasteiger partial charge in [0.05, 0.1) is 0 Å². The second-order valence-corrected chi connectivity index (χ2v) is 4.45. The fourth-order valence-corrected chi connectivity index (χ4v) is 1.95. The van der Waals surface area contributed by atoms with E-state index in [1.165, 1.54) is 25.9 Å². The van der Waals surface area contributed by atoms with Crippen molar-refractivity contribution >= 4 is 0 Å². The van der Waals surface area contributed by atoms with Crippen molar-refractivity contribution in [1.82, 2.24) is 15.1 Å². The van der Waals surface area contributed by atoms with E-state index in [1.54, 1.807) is 0 Å². The Morgan fingerprint density at radius 3 is 2.93 bits per heavy atom. The number of nitrogens with zero attached hydrogens (tertiary/aromatic N) is 2. The van der Waals surface area contributed by atoms with Gasteiger partial charge in [-0.3, -0.25) is 0 Å². The van der Waals surface area contributed by atoms with Crippen LogP contribution in [0.5, 0.6) is 0 Å². The highest BCUT2D eigenvalue weighted by molar-refractivity contribution is 4.76. The van der Waals surface area contributed by atoms with Crippen LogP contribution in [0.3, 0.4) is 0 Å². The van der Waals surface area contributed by atoms with Gasteiger partial charge in [-0.05, 0) is 40.0 Å². The molecule has 3 heteroatoms. The van der Waals surface area contributed by atoms with E-state index in [0.29, 0.717) is 0 Å². The standard InChI is InChI=1S/C11H25N3/c1-4-13(2)9-7-12-11-6-5-8-14(3)10-11/h11-12H,4-10H2,1-3H3. The zero-order chi connectivity index (χ0) is 10.4. The molecule has 84 valence electrons. The van der Waals surface area contributed by atoms with Crippen LogP contribution in [0, 0.1) is 0 Å². The molecule has 1 aliphatic heterocycles. The zero-order valence-electron chi connectivity index (χ0n) is 9.92. The van der Waals surface area contributed by atoms with Crippen molar-refractivity contribution < 1.29 is 0 Å². The van der Waals surface area contributed by atoms with E-state index in [-0.39, 0.29) is 0 Å². The smallest absolute Gasteiger partial charge is 0.0195 e. The van der Waals surface area contributed by atoms with Gasteiger partial charge in [-0.25, -0.2) is 0 Å². The summed E-state index contributed by atoms with van der Waals surface area (Å²) in [6, 6.07) is 0.721. The van der Waals surface area contributed by atoms with Crippen molar-refractivity contribution in [1.29, 1.82) is 0 Å². The largest absolute Gasteiger partial charge is 0.311 e. The molecule has 1 N–H and O–H groups in total. The second kappa shape index (κ2) is 6.38. The summed E-state index contributed by atoms with van der Waals surface area (Å²) < 4.78 is 0. The fraction of sp³-hybridized carbons (Fsp3) is 1.00. The minimum Gasteiger partial charge on any atom is -0.311 e. The molecule has 0 aliphatic carbocycles. The average Bonchev–Trinajstić information content (AvgIpc) is 2.17. The minimum atomic E-state index is 0.721. The SMILES string of the molecule is CCN(C)CCNC1CCCN(C)C1. The maximum Gasteiger partial charge on any atom is 0.0195 e. The lowest BCUT2D eigenvalue weighted by Crippen LogP contribution is -2.45. The number of piperidine rings is 1. The van der Waals surface area contributed by atoms with Gasteiger partial charge < -0.3 is 15.1 Å². The molecule has 14 heavy (non-hydrogen) atoms. The molecule has 1 rings (SSSR count). The van der Waals surface area contributed by atoms with Crippen LogP contribution in [-0.2, 0) is 0 Å². The Balaban J connectivity index is 2.05. The van der Waals surface area contributed by atoms with E-state index >= 15 is 0 Å². The lowest BCUT2D eigenvalue weighted by Gasteiger charge is -2.30. The van der Waals surface area contributed by atoms with Gasteiger partial charge >= 0.3 is 0 Å². The molecule has 0 aromatic heterocycles. The molecule has 0 bridgehead atoms. The van der Waals surface area contributed by atoms with Gasteiger partial charge in [0.25, 0.3) is 0 Å². The third-order valence-corrected chi connectivity index (χ3v) is 3.09. The highest BCUT2D eigenvalue weighted by Crippen LogP contribution is 2.07. The van der Waals surface area contributed by atoms with Crippen LogP contribution in [0.25, 0.3) is 0 Å². The predicted octanol–water partition coefficient (Wildman–Crippen LogP) is 0.622. The Hall–Kier alpha value is -0.120. The third kappa shape index (κ3) is 4.40. The van der Waals surface area contributed by atoms with Gasteiger partial charge in [0.2, 0.25) is 0 Å². The van der Waals surface area contributed by atoms with Gasteiger partial charge in [-0.15, -0.1) is 0 Å². The first-order chi connectivity index (χ1) is 6.72. The second-order valence-electron chi connectivity index (χ2n) is 4.45. The number of likely N-dealkylation sites (N-methyl/N-ethyl adjacent to an activating group) is 2. The summed E-state index contributed by atoms with van der Waals surface area (Å²) in [5.74, 6) is 0. The van der Waals surface area contributed by atoms with Crippen LogP contribution in [0.2, 0.25) is 0 Å². The number of rotatable bonds is 5. The number of nitrogens with one attached hydrogen (secondary N) is 1. The van der Waals surface area contributed by atoms with Crippen LogP contribution < -0.4 is 5.32 Å². The normalized spacial score (nSPS) is 24.4. The molecule has 0 spiro atoms. The third-order valence-electron chi connectivity index (χ3n) is 3.09. The molecule has 0 saturated carbocycles. The summed E-state index contributed by atoms with van der Waals surface area (Å²) in [6.45, 7) is 8.13. The molecule has 0 radical (unpaired) electrons. The van der Waals surface area contributed by atoms with Crippen molar-refractivity contribution in [2.45, 2.75) is 25.8 Å². The van der Waals surface area contributed by atoms with Crippen LogP contribution in [0.1, 0.15) is 19.8 Å². The van der Waals surface area contributed by atoms with E-state index in [0.717, 1.165) is 25.7 Å². The summed E-state index contributed by atoms with van der Waals surface area (Å²) in [5, 5.41) is 3.63. The first-order valence-electron chi connectivity index (χ1n) is 5.83. The monoisotopic (exact) mass is 199 g/mol. The molecule has 0 amide bonds. The molecule has 3 nitrogen and oxygen atoms in total. The van der Waals surface area contributed by atoms with Crippen LogP contribution >= 0.6 is 0 Å².